The molecule has 0 unspecified atom stereocenters. The molecule has 1 heterocycles. The molecule has 1 aliphatic rings. The molecule has 0 bridgehead atoms. The minimum atomic E-state index is 0. The van der Waals surface area contributed by atoms with E-state index in [9.17, 15) is 4.79 Å². The molecular formula is C11H23ClN2O3. The molecule has 1 fully saturated rings. The standard InChI is InChI=1S/C11H22N2O3.ClH/c1-15-7-4-12-9-11(14)13-8-10-2-5-16-6-3-10;/h10,12H,2-9H2,1H3,(H,13,14);1H. The van der Waals surface area contributed by atoms with Gasteiger partial charge in [0.1, 0.15) is 0 Å². The number of carbonyl (C=O) groups is 1. The monoisotopic (exact) mass is 266 g/mol. The molecule has 1 rings (SSSR count). The Kier molecular flexibility index (Phi) is 10.5. The number of amides is 1. The summed E-state index contributed by atoms with van der Waals surface area (Å²) >= 11 is 0. The van der Waals surface area contributed by atoms with Gasteiger partial charge in [-0.05, 0) is 18.8 Å². The summed E-state index contributed by atoms with van der Waals surface area (Å²) < 4.78 is 10.1. The van der Waals surface area contributed by atoms with Crippen molar-refractivity contribution in [3.05, 3.63) is 0 Å². The molecule has 0 aromatic heterocycles. The van der Waals surface area contributed by atoms with E-state index in [4.69, 9.17) is 9.47 Å². The van der Waals surface area contributed by atoms with Gasteiger partial charge < -0.3 is 20.1 Å². The molecule has 0 atom stereocenters. The van der Waals surface area contributed by atoms with Crippen molar-refractivity contribution in [2.75, 3.05) is 46.6 Å². The maximum atomic E-state index is 11.4. The SMILES string of the molecule is COCCNCC(=O)NCC1CCOCC1.Cl. The van der Waals surface area contributed by atoms with E-state index < -0.39 is 0 Å². The second-order valence-corrected chi connectivity index (χ2v) is 4.03. The molecule has 0 radical (unpaired) electrons. The molecular weight excluding hydrogens is 244 g/mol. The fraction of sp³-hybridized carbons (Fsp3) is 0.909. The van der Waals surface area contributed by atoms with Gasteiger partial charge in [-0.2, -0.15) is 0 Å². The third-order valence-electron chi connectivity index (χ3n) is 2.70. The first kappa shape index (κ1) is 16.6. The molecule has 0 aliphatic carbocycles. The van der Waals surface area contributed by atoms with Crippen LogP contribution in [0.5, 0.6) is 0 Å². The normalized spacial score (nSPS) is 16.3. The van der Waals surface area contributed by atoms with Crippen LogP contribution in [-0.2, 0) is 14.3 Å². The molecule has 1 aliphatic heterocycles. The molecule has 0 aromatic rings. The van der Waals surface area contributed by atoms with Crippen LogP contribution in [0.3, 0.4) is 0 Å². The molecule has 0 aromatic carbocycles. The Morgan fingerprint density at radius 3 is 2.76 bits per heavy atom. The molecule has 1 saturated heterocycles. The number of nitrogens with one attached hydrogen (secondary N) is 2. The van der Waals surface area contributed by atoms with Gasteiger partial charge in [-0.3, -0.25) is 4.79 Å². The topological polar surface area (TPSA) is 59.6 Å². The van der Waals surface area contributed by atoms with Gasteiger partial charge in [0.15, 0.2) is 0 Å². The molecule has 5 nitrogen and oxygen atoms in total. The third kappa shape index (κ3) is 8.37. The average Bonchev–Trinajstić information content (AvgIpc) is 2.33. The smallest absolute Gasteiger partial charge is 0.233 e. The van der Waals surface area contributed by atoms with Crippen LogP contribution >= 0.6 is 12.4 Å². The number of hydrogen-bond acceptors (Lipinski definition) is 4. The zero-order valence-corrected chi connectivity index (χ0v) is 11.2. The second kappa shape index (κ2) is 10.8. The van der Waals surface area contributed by atoms with Gasteiger partial charge in [-0.15, -0.1) is 12.4 Å². The minimum Gasteiger partial charge on any atom is -0.383 e. The lowest BCUT2D eigenvalue weighted by Gasteiger charge is -2.22. The van der Waals surface area contributed by atoms with E-state index in [0.717, 1.165) is 32.6 Å². The number of methoxy groups -OCH3 is 1. The van der Waals surface area contributed by atoms with Crippen LogP contribution in [0.25, 0.3) is 0 Å². The van der Waals surface area contributed by atoms with Crippen molar-refractivity contribution < 1.29 is 14.3 Å². The second-order valence-electron chi connectivity index (χ2n) is 4.03. The summed E-state index contributed by atoms with van der Waals surface area (Å²) in [6.45, 7) is 4.13. The predicted octanol–water partition coefficient (Wildman–Crippen LogP) is 0.187. The van der Waals surface area contributed by atoms with Crippen molar-refractivity contribution in [2.45, 2.75) is 12.8 Å². The number of rotatable bonds is 7. The summed E-state index contributed by atoms with van der Waals surface area (Å²) in [7, 11) is 1.65. The highest BCUT2D eigenvalue weighted by Gasteiger charge is 2.14. The van der Waals surface area contributed by atoms with Gasteiger partial charge in [0, 0.05) is 33.4 Å². The summed E-state index contributed by atoms with van der Waals surface area (Å²) in [6.07, 6.45) is 2.11. The maximum Gasteiger partial charge on any atom is 0.233 e. The Morgan fingerprint density at radius 1 is 1.41 bits per heavy atom. The fourth-order valence-corrected chi connectivity index (χ4v) is 1.65. The van der Waals surface area contributed by atoms with Crippen LogP contribution in [0.15, 0.2) is 0 Å². The maximum absolute atomic E-state index is 11.4. The van der Waals surface area contributed by atoms with Gasteiger partial charge in [0.25, 0.3) is 0 Å². The van der Waals surface area contributed by atoms with E-state index in [-0.39, 0.29) is 18.3 Å². The Morgan fingerprint density at radius 2 is 2.12 bits per heavy atom. The Balaban J connectivity index is 0.00000256. The van der Waals surface area contributed by atoms with Crippen molar-refractivity contribution in [1.29, 1.82) is 0 Å². The van der Waals surface area contributed by atoms with Crippen molar-refractivity contribution in [3.8, 4) is 0 Å². The number of halogens is 1. The summed E-state index contributed by atoms with van der Waals surface area (Å²) in [5.41, 5.74) is 0. The molecule has 0 spiro atoms. The highest BCUT2D eigenvalue weighted by atomic mass is 35.5. The number of carbonyl (C=O) groups excluding carboxylic acids is 1. The van der Waals surface area contributed by atoms with Crippen LogP contribution in [-0.4, -0.2) is 52.5 Å². The summed E-state index contributed by atoms with van der Waals surface area (Å²) in [5, 5.41) is 5.94. The number of ether oxygens (including phenoxy) is 2. The van der Waals surface area contributed by atoms with Gasteiger partial charge in [-0.25, -0.2) is 0 Å². The predicted molar refractivity (Wildman–Crippen MR) is 68.5 cm³/mol. The van der Waals surface area contributed by atoms with E-state index in [2.05, 4.69) is 10.6 Å². The van der Waals surface area contributed by atoms with Crippen LogP contribution in [0, 0.1) is 5.92 Å². The molecule has 102 valence electrons. The first-order chi connectivity index (χ1) is 7.83. The van der Waals surface area contributed by atoms with Gasteiger partial charge in [0.2, 0.25) is 5.91 Å². The number of hydrogen-bond donors (Lipinski definition) is 2. The lowest BCUT2D eigenvalue weighted by molar-refractivity contribution is -0.120. The fourth-order valence-electron chi connectivity index (χ4n) is 1.65. The van der Waals surface area contributed by atoms with E-state index in [0.29, 0.717) is 25.6 Å². The van der Waals surface area contributed by atoms with Crippen LogP contribution < -0.4 is 10.6 Å². The van der Waals surface area contributed by atoms with Gasteiger partial charge >= 0.3 is 0 Å². The zero-order valence-electron chi connectivity index (χ0n) is 10.4. The Labute approximate surface area is 109 Å². The Hall–Kier alpha value is -0.360. The van der Waals surface area contributed by atoms with E-state index in [1.807, 2.05) is 0 Å². The minimum absolute atomic E-state index is 0. The molecule has 6 heteroatoms. The van der Waals surface area contributed by atoms with Crippen molar-refractivity contribution in [2.24, 2.45) is 5.92 Å². The molecule has 17 heavy (non-hydrogen) atoms. The summed E-state index contributed by atoms with van der Waals surface area (Å²) in [6, 6.07) is 0. The molecule has 0 saturated carbocycles. The Bertz CT molecular complexity index is 199. The summed E-state index contributed by atoms with van der Waals surface area (Å²) in [5.74, 6) is 0.638. The van der Waals surface area contributed by atoms with Crippen molar-refractivity contribution in [1.82, 2.24) is 10.6 Å². The van der Waals surface area contributed by atoms with Gasteiger partial charge in [0.05, 0.1) is 13.2 Å². The molecule has 2 N–H and O–H groups in total. The first-order valence-corrected chi connectivity index (χ1v) is 5.87. The van der Waals surface area contributed by atoms with E-state index in [1.165, 1.54) is 0 Å². The average molecular weight is 267 g/mol. The van der Waals surface area contributed by atoms with E-state index >= 15 is 0 Å². The van der Waals surface area contributed by atoms with Crippen LogP contribution in [0.4, 0.5) is 0 Å². The quantitative estimate of drug-likeness (QED) is 0.646. The third-order valence-corrected chi connectivity index (χ3v) is 2.70. The van der Waals surface area contributed by atoms with Crippen molar-refractivity contribution in [3.63, 3.8) is 0 Å². The zero-order chi connectivity index (χ0) is 11.6. The van der Waals surface area contributed by atoms with Crippen LogP contribution in [0.1, 0.15) is 12.8 Å². The van der Waals surface area contributed by atoms with Crippen LogP contribution in [0.2, 0.25) is 0 Å². The summed E-state index contributed by atoms with van der Waals surface area (Å²) in [4.78, 5) is 11.4. The highest BCUT2D eigenvalue weighted by Crippen LogP contribution is 2.12. The first-order valence-electron chi connectivity index (χ1n) is 5.87. The highest BCUT2D eigenvalue weighted by molar-refractivity contribution is 5.85. The molecule has 1 amide bonds. The largest absolute Gasteiger partial charge is 0.383 e. The van der Waals surface area contributed by atoms with Crippen molar-refractivity contribution >= 4 is 18.3 Å². The van der Waals surface area contributed by atoms with Gasteiger partial charge in [-0.1, -0.05) is 0 Å². The lowest BCUT2D eigenvalue weighted by atomic mass is 10.0. The lowest BCUT2D eigenvalue weighted by Crippen LogP contribution is -2.38. The van der Waals surface area contributed by atoms with E-state index in [1.54, 1.807) is 7.11 Å².